The summed E-state index contributed by atoms with van der Waals surface area (Å²) in [6.45, 7) is 11.7. The molecule has 2 heteroatoms. The van der Waals surface area contributed by atoms with Gasteiger partial charge in [0.1, 0.15) is 5.78 Å². The van der Waals surface area contributed by atoms with Gasteiger partial charge in [0.05, 0.1) is 0 Å². The fourth-order valence-electron chi connectivity index (χ4n) is 8.30. The zero-order valence-electron chi connectivity index (χ0n) is 19.4. The highest BCUT2D eigenvalue weighted by Gasteiger charge is 2.59. The average molecular weight is 399 g/mol. The van der Waals surface area contributed by atoms with Gasteiger partial charge in [-0.25, -0.2) is 0 Å². The normalized spacial score (nSPS) is 42.7. The maximum Gasteiger partial charge on any atom is 0.155 e. The number of ketones is 2. The molecular formula is C27H42O2. The first-order valence-electron chi connectivity index (χ1n) is 12.4. The van der Waals surface area contributed by atoms with Crippen LogP contribution < -0.4 is 0 Å². The molecule has 7 atom stereocenters. The molecule has 4 aliphatic carbocycles. The summed E-state index contributed by atoms with van der Waals surface area (Å²) in [5, 5.41) is 0. The van der Waals surface area contributed by atoms with Crippen molar-refractivity contribution in [2.45, 2.75) is 98.8 Å². The maximum absolute atomic E-state index is 13.0. The third kappa shape index (κ3) is 3.47. The van der Waals surface area contributed by atoms with E-state index in [0.717, 1.165) is 49.9 Å². The number of rotatable bonds is 5. The Balaban J connectivity index is 1.52. The highest BCUT2D eigenvalue weighted by Crippen LogP contribution is 2.67. The fraction of sp³-hybridized carbons (Fsp3) is 0.852. The number of hydrogen-bond acceptors (Lipinski definition) is 2. The maximum atomic E-state index is 13.0. The van der Waals surface area contributed by atoms with Gasteiger partial charge in [-0.05, 0) is 97.9 Å². The van der Waals surface area contributed by atoms with Crippen molar-refractivity contribution in [1.82, 2.24) is 0 Å². The quantitative estimate of drug-likeness (QED) is 0.512. The molecule has 0 saturated heterocycles. The number of hydrogen-bond donors (Lipinski definition) is 0. The molecule has 0 spiro atoms. The lowest BCUT2D eigenvalue weighted by molar-refractivity contribution is -0.127. The van der Waals surface area contributed by atoms with Crippen molar-refractivity contribution in [1.29, 1.82) is 0 Å². The highest BCUT2D eigenvalue weighted by atomic mass is 16.1. The Bertz CT molecular complexity index is 703. The molecule has 29 heavy (non-hydrogen) atoms. The van der Waals surface area contributed by atoms with E-state index in [1.807, 2.05) is 6.08 Å². The van der Waals surface area contributed by atoms with Crippen LogP contribution in [0.3, 0.4) is 0 Å². The van der Waals surface area contributed by atoms with Gasteiger partial charge in [-0.15, -0.1) is 0 Å². The van der Waals surface area contributed by atoms with Crippen LogP contribution in [0.25, 0.3) is 0 Å². The molecule has 0 aromatic heterocycles. The van der Waals surface area contributed by atoms with Crippen LogP contribution in [0.1, 0.15) is 98.8 Å². The number of carbonyl (C=O) groups is 2. The van der Waals surface area contributed by atoms with Gasteiger partial charge < -0.3 is 0 Å². The van der Waals surface area contributed by atoms with Gasteiger partial charge in [0.15, 0.2) is 5.78 Å². The lowest BCUT2D eigenvalue weighted by atomic mass is 9.46. The third-order valence-electron chi connectivity index (χ3n) is 10.1. The summed E-state index contributed by atoms with van der Waals surface area (Å²) in [5.74, 6) is 4.61. The first kappa shape index (κ1) is 21.3. The van der Waals surface area contributed by atoms with Crippen molar-refractivity contribution in [2.75, 3.05) is 0 Å². The standard InChI is InChI=1S/C27H42O2/c1-17(2)6-11-25(29)18(3)22-9-10-23-21-8-7-19-16-20(28)12-14-26(19,4)24(21)13-15-27(22,23)5/h16-18,21-24H,6-15H2,1-5H3/t18-,21-,22+,23-,24-,26-,27+/m0/s1. The van der Waals surface area contributed by atoms with Crippen molar-refractivity contribution in [3.8, 4) is 0 Å². The summed E-state index contributed by atoms with van der Waals surface area (Å²) in [5.41, 5.74) is 2.07. The predicted octanol–water partition coefficient (Wildman–Crippen LogP) is 6.78. The third-order valence-corrected chi connectivity index (χ3v) is 10.1. The topological polar surface area (TPSA) is 34.1 Å². The van der Waals surface area contributed by atoms with E-state index in [1.54, 1.807) is 0 Å². The van der Waals surface area contributed by atoms with Crippen molar-refractivity contribution in [3.05, 3.63) is 11.6 Å². The van der Waals surface area contributed by atoms with E-state index < -0.39 is 0 Å². The van der Waals surface area contributed by atoms with E-state index in [-0.39, 0.29) is 11.3 Å². The lowest BCUT2D eigenvalue weighted by Gasteiger charge is -2.58. The molecule has 0 unspecified atom stereocenters. The Morgan fingerprint density at radius 1 is 1.03 bits per heavy atom. The van der Waals surface area contributed by atoms with E-state index in [2.05, 4.69) is 34.6 Å². The van der Waals surface area contributed by atoms with Crippen molar-refractivity contribution >= 4 is 11.6 Å². The van der Waals surface area contributed by atoms with Crippen LogP contribution in [0.15, 0.2) is 11.6 Å². The van der Waals surface area contributed by atoms with Gasteiger partial charge in [0.25, 0.3) is 0 Å². The smallest absolute Gasteiger partial charge is 0.155 e. The second kappa shape index (κ2) is 7.65. The molecule has 0 aliphatic heterocycles. The number of fused-ring (bicyclic) bond motifs is 5. The largest absolute Gasteiger partial charge is 0.299 e. The van der Waals surface area contributed by atoms with Crippen LogP contribution >= 0.6 is 0 Å². The van der Waals surface area contributed by atoms with Crippen LogP contribution in [0, 0.1) is 46.3 Å². The van der Waals surface area contributed by atoms with Gasteiger partial charge in [-0.1, -0.05) is 40.2 Å². The molecule has 0 aromatic rings. The molecule has 0 heterocycles. The number of carbonyl (C=O) groups excluding carboxylic acids is 2. The Morgan fingerprint density at radius 2 is 1.79 bits per heavy atom. The van der Waals surface area contributed by atoms with Gasteiger partial charge in [-0.3, -0.25) is 9.59 Å². The number of allylic oxidation sites excluding steroid dienone is 1. The second-order valence-electron chi connectivity index (χ2n) is 11.9. The number of Topliss-reactive ketones (excluding diaryl/α,β-unsaturated/α-hetero) is 1. The van der Waals surface area contributed by atoms with Crippen molar-refractivity contribution < 1.29 is 9.59 Å². The minimum absolute atomic E-state index is 0.224. The van der Waals surface area contributed by atoms with Crippen molar-refractivity contribution in [3.63, 3.8) is 0 Å². The van der Waals surface area contributed by atoms with E-state index in [0.29, 0.717) is 28.8 Å². The Morgan fingerprint density at radius 3 is 2.52 bits per heavy atom. The van der Waals surface area contributed by atoms with Crippen LogP contribution in [0.2, 0.25) is 0 Å². The van der Waals surface area contributed by atoms with Crippen LogP contribution in [-0.4, -0.2) is 11.6 Å². The Hall–Kier alpha value is -0.920. The first-order valence-corrected chi connectivity index (χ1v) is 12.4. The molecule has 4 aliphatic rings. The average Bonchev–Trinajstić information content (AvgIpc) is 3.03. The van der Waals surface area contributed by atoms with E-state index in [9.17, 15) is 9.59 Å². The molecule has 4 rings (SSSR count). The first-order chi connectivity index (χ1) is 13.7. The molecule has 3 fully saturated rings. The summed E-state index contributed by atoms with van der Waals surface area (Å²) in [7, 11) is 0. The lowest BCUT2D eigenvalue weighted by Crippen LogP contribution is -2.51. The summed E-state index contributed by atoms with van der Waals surface area (Å²) < 4.78 is 0. The SMILES string of the molecule is CC(C)CCC(=O)[C@@H](C)[C@H]1CC[C@H]2[C@@H]3CCC4=CC(=O)CC[C@]4(C)[C@H]3CC[C@]12C. The van der Waals surface area contributed by atoms with Gasteiger partial charge >= 0.3 is 0 Å². The van der Waals surface area contributed by atoms with E-state index in [4.69, 9.17) is 0 Å². The molecular weight excluding hydrogens is 356 g/mol. The Kier molecular flexibility index (Phi) is 5.62. The molecule has 3 saturated carbocycles. The minimum Gasteiger partial charge on any atom is -0.299 e. The highest BCUT2D eigenvalue weighted by molar-refractivity contribution is 5.91. The monoisotopic (exact) mass is 398 g/mol. The molecule has 0 N–H and O–H groups in total. The predicted molar refractivity (Wildman–Crippen MR) is 118 cm³/mol. The summed E-state index contributed by atoms with van der Waals surface area (Å²) in [4.78, 5) is 25.0. The van der Waals surface area contributed by atoms with Crippen LogP contribution in [-0.2, 0) is 9.59 Å². The minimum atomic E-state index is 0.224. The molecule has 0 amide bonds. The molecule has 2 nitrogen and oxygen atoms in total. The van der Waals surface area contributed by atoms with E-state index >= 15 is 0 Å². The summed E-state index contributed by atoms with van der Waals surface area (Å²) >= 11 is 0. The zero-order valence-corrected chi connectivity index (χ0v) is 19.4. The molecule has 0 radical (unpaired) electrons. The molecule has 0 aromatic carbocycles. The van der Waals surface area contributed by atoms with Gasteiger partial charge in [-0.2, -0.15) is 0 Å². The van der Waals surface area contributed by atoms with Crippen molar-refractivity contribution in [2.24, 2.45) is 46.3 Å². The Labute approximate surface area is 178 Å². The second-order valence-corrected chi connectivity index (χ2v) is 11.9. The fourth-order valence-corrected chi connectivity index (χ4v) is 8.30. The van der Waals surface area contributed by atoms with Crippen LogP contribution in [0.5, 0.6) is 0 Å². The van der Waals surface area contributed by atoms with Gasteiger partial charge in [0, 0.05) is 18.8 Å². The molecule has 0 bridgehead atoms. The van der Waals surface area contributed by atoms with Gasteiger partial charge in [0.2, 0.25) is 0 Å². The van der Waals surface area contributed by atoms with Crippen LogP contribution in [0.4, 0.5) is 0 Å². The summed E-state index contributed by atoms with van der Waals surface area (Å²) in [6.07, 6.45) is 13.2. The zero-order chi connectivity index (χ0) is 21.0. The summed E-state index contributed by atoms with van der Waals surface area (Å²) in [6, 6.07) is 0. The molecule has 162 valence electrons. The van der Waals surface area contributed by atoms with E-state index in [1.165, 1.54) is 37.7 Å².